The molecule has 0 aromatic heterocycles. The molecule has 0 amide bonds. The highest BCUT2D eigenvalue weighted by molar-refractivity contribution is 6.35. The minimum atomic E-state index is -0.201. The quantitative estimate of drug-likeness (QED) is 0.675. The van der Waals surface area contributed by atoms with Crippen molar-refractivity contribution in [3.05, 3.63) is 63.6 Å². The van der Waals surface area contributed by atoms with Gasteiger partial charge in [-0.25, -0.2) is 0 Å². The third-order valence-corrected chi connectivity index (χ3v) is 3.68. The van der Waals surface area contributed by atoms with E-state index in [0.717, 1.165) is 16.9 Å². The molecule has 0 fully saturated rings. The smallest absolute Gasteiger partial charge is 0.122 e. The van der Waals surface area contributed by atoms with Crippen LogP contribution in [0.25, 0.3) is 0 Å². The molecule has 0 saturated carbocycles. The standard InChI is InChI=1S/C15H13Cl3O/c1-19-15-5-3-2-4-10(15)8-14(18)11-6-12(16)9-13(17)7-11/h2-7,9,14H,8H2,1H3. The van der Waals surface area contributed by atoms with Crippen LogP contribution in [0.4, 0.5) is 0 Å². The van der Waals surface area contributed by atoms with Gasteiger partial charge >= 0.3 is 0 Å². The lowest BCUT2D eigenvalue weighted by molar-refractivity contribution is 0.409. The van der Waals surface area contributed by atoms with Gasteiger partial charge in [0.05, 0.1) is 12.5 Å². The number of para-hydroxylation sites is 1. The Hall–Kier alpha value is -0.890. The fourth-order valence-electron chi connectivity index (χ4n) is 1.94. The average Bonchev–Trinajstić information content (AvgIpc) is 2.38. The summed E-state index contributed by atoms with van der Waals surface area (Å²) in [6.07, 6.45) is 0.655. The first kappa shape index (κ1) is 14.5. The van der Waals surface area contributed by atoms with E-state index in [1.165, 1.54) is 0 Å². The highest BCUT2D eigenvalue weighted by atomic mass is 35.5. The summed E-state index contributed by atoms with van der Waals surface area (Å²) in [6, 6.07) is 13.2. The number of benzene rings is 2. The van der Waals surface area contributed by atoms with E-state index < -0.39 is 0 Å². The van der Waals surface area contributed by atoms with Crippen LogP contribution >= 0.6 is 34.8 Å². The van der Waals surface area contributed by atoms with Crippen LogP contribution in [0, 0.1) is 0 Å². The molecule has 4 heteroatoms. The lowest BCUT2D eigenvalue weighted by Gasteiger charge is -2.13. The van der Waals surface area contributed by atoms with Gasteiger partial charge in [0, 0.05) is 10.0 Å². The molecule has 0 aliphatic rings. The van der Waals surface area contributed by atoms with Gasteiger partial charge in [0.2, 0.25) is 0 Å². The Balaban J connectivity index is 2.22. The normalized spacial score (nSPS) is 12.2. The number of methoxy groups -OCH3 is 1. The Morgan fingerprint density at radius 1 is 1.05 bits per heavy atom. The minimum absolute atomic E-state index is 0.201. The van der Waals surface area contributed by atoms with Crippen LogP contribution in [0.3, 0.4) is 0 Å². The van der Waals surface area contributed by atoms with Crippen LogP contribution in [0.15, 0.2) is 42.5 Å². The number of ether oxygens (including phenoxy) is 1. The lowest BCUT2D eigenvalue weighted by Crippen LogP contribution is -1.98. The van der Waals surface area contributed by atoms with Crippen LogP contribution in [-0.4, -0.2) is 7.11 Å². The first-order valence-corrected chi connectivity index (χ1v) is 7.01. The molecule has 2 aromatic carbocycles. The summed E-state index contributed by atoms with van der Waals surface area (Å²) in [6.45, 7) is 0. The van der Waals surface area contributed by atoms with E-state index in [0.29, 0.717) is 16.5 Å². The molecule has 0 aliphatic carbocycles. The Morgan fingerprint density at radius 2 is 1.68 bits per heavy atom. The zero-order valence-corrected chi connectivity index (χ0v) is 12.6. The predicted molar refractivity (Wildman–Crippen MR) is 81.8 cm³/mol. The summed E-state index contributed by atoms with van der Waals surface area (Å²) >= 11 is 18.4. The molecule has 1 unspecified atom stereocenters. The van der Waals surface area contributed by atoms with Gasteiger partial charge in [0.1, 0.15) is 5.75 Å². The molecule has 0 spiro atoms. The van der Waals surface area contributed by atoms with Gasteiger partial charge in [-0.05, 0) is 41.8 Å². The van der Waals surface area contributed by atoms with E-state index in [1.807, 2.05) is 36.4 Å². The van der Waals surface area contributed by atoms with Gasteiger partial charge in [-0.2, -0.15) is 0 Å². The zero-order valence-electron chi connectivity index (χ0n) is 10.4. The summed E-state index contributed by atoms with van der Waals surface area (Å²) in [7, 11) is 1.65. The summed E-state index contributed by atoms with van der Waals surface area (Å²) in [5, 5.41) is 0.980. The van der Waals surface area contributed by atoms with Gasteiger partial charge in [-0.15, -0.1) is 11.6 Å². The van der Waals surface area contributed by atoms with Crippen LogP contribution in [0.1, 0.15) is 16.5 Å². The van der Waals surface area contributed by atoms with Gasteiger partial charge in [-0.1, -0.05) is 41.4 Å². The third kappa shape index (κ3) is 3.79. The maximum absolute atomic E-state index is 6.44. The Morgan fingerprint density at radius 3 is 2.32 bits per heavy atom. The van der Waals surface area contributed by atoms with E-state index in [-0.39, 0.29) is 5.38 Å². The number of hydrogen-bond donors (Lipinski definition) is 0. The fraction of sp³-hybridized carbons (Fsp3) is 0.200. The van der Waals surface area contributed by atoms with Crippen molar-refractivity contribution in [1.82, 2.24) is 0 Å². The summed E-state index contributed by atoms with van der Waals surface area (Å²) in [5.41, 5.74) is 1.96. The molecule has 1 atom stereocenters. The van der Waals surface area contributed by atoms with E-state index in [9.17, 15) is 0 Å². The molecule has 0 radical (unpaired) electrons. The van der Waals surface area contributed by atoms with Crippen molar-refractivity contribution in [1.29, 1.82) is 0 Å². The molecule has 100 valence electrons. The Labute approximate surface area is 128 Å². The SMILES string of the molecule is COc1ccccc1CC(Cl)c1cc(Cl)cc(Cl)c1. The first-order valence-electron chi connectivity index (χ1n) is 5.82. The minimum Gasteiger partial charge on any atom is -0.496 e. The maximum Gasteiger partial charge on any atom is 0.122 e. The van der Waals surface area contributed by atoms with Crippen molar-refractivity contribution in [3.8, 4) is 5.75 Å². The molecule has 0 bridgehead atoms. The van der Waals surface area contributed by atoms with Crippen LogP contribution in [-0.2, 0) is 6.42 Å². The number of hydrogen-bond acceptors (Lipinski definition) is 1. The summed E-state index contributed by atoms with van der Waals surface area (Å²) in [4.78, 5) is 0. The third-order valence-electron chi connectivity index (χ3n) is 2.84. The zero-order chi connectivity index (χ0) is 13.8. The highest BCUT2D eigenvalue weighted by Gasteiger charge is 2.13. The van der Waals surface area contributed by atoms with E-state index >= 15 is 0 Å². The summed E-state index contributed by atoms with van der Waals surface area (Å²) < 4.78 is 5.32. The fourth-order valence-corrected chi connectivity index (χ4v) is 2.77. The maximum atomic E-state index is 6.44. The first-order chi connectivity index (χ1) is 9.10. The van der Waals surface area contributed by atoms with Crippen molar-refractivity contribution in [2.45, 2.75) is 11.8 Å². The number of alkyl halides is 1. The Kier molecular flexibility index (Phi) is 4.98. The number of rotatable bonds is 4. The van der Waals surface area contributed by atoms with Crippen molar-refractivity contribution in [3.63, 3.8) is 0 Å². The lowest BCUT2D eigenvalue weighted by atomic mass is 10.0. The molecule has 2 aromatic rings. The second-order valence-electron chi connectivity index (χ2n) is 4.19. The molecule has 1 nitrogen and oxygen atoms in total. The van der Waals surface area contributed by atoms with Crippen LogP contribution in [0.5, 0.6) is 5.75 Å². The largest absolute Gasteiger partial charge is 0.496 e. The van der Waals surface area contributed by atoms with Gasteiger partial charge < -0.3 is 4.74 Å². The Bertz CT molecular complexity index is 549. The molecule has 0 aliphatic heterocycles. The molecule has 2 rings (SSSR count). The van der Waals surface area contributed by atoms with Crippen LogP contribution in [0.2, 0.25) is 10.0 Å². The molecule has 0 heterocycles. The molecule has 19 heavy (non-hydrogen) atoms. The van der Waals surface area contributed by atoms with Crippen molar-refractivity contribution < 1.29 is 4.74 Å². The molecular weight excluding hydrogens is 303 g/mol. The van der Waals surface area contributed by atoms with Gasteiger partial charge in [0.15, 0.2) is 0 Å². The van der Waals surface area contributed by atoms with Crippen molar-refractivity contribution in [2.24, 2.45) is 0 Å². The molecule has 0 N–H and O–H groups in total. The second-order valence-corrected chi connectivity index (χ2v) is 5.59. The molecule has 0 saturated heterocycles. The van der Waals surface area contributed by atoms with Gasteiger partial charge in [-0.3, -0.25) is 0 Å². The second kappa shape index (κ2) is 6.51. The monoisotopic (exact) mass is 314 g/mol. The van der Waals surface area contributed by atoms with Gasteiger partial charge in [0.25, 0.3) is 0 Å². The van der Waals surface area contributed by atoms with E-state index in [2.05, 4.69) is 0 Å². The van der Waals surface area contributed by atoms with E-state index in [4.69, 9.17) is 39.5 Å². The predicted octanol–water partition coefficient (Wildman–Crippen LogP) is 5.52. The van der Waals surface area contributed by atoms with E-state index in [1.54, 1.807) is 13.2 Å². The average molecular weight is 316 g/mol. The summed E-state index contributed by atoms with van der Waals surface area (Å²) in [5.74, 6) is 0.835. The van der Waals surface area contributed by atoms with Crippen molar-refractivity contribution >= 4 is 34.8 Å². The van der Waals surface area contributed by atoms with Crippen LogP contribution < -0.4 is 4.74 Å². The highest BCUT2D eigenvalue weighted by Crippen LogP contribution is 2.32. The topological polar surface area (TPSA) is 9.23 Å². The van der Waals surface area contributed by atoms with Crippen molar-refractivity contribution in [2.75, 3.05) is 7.11 Å². The number of halogens is 3. The molecular formula is C15H13Cl3O.